The fourth-order valence-corrected chi connectivity index (χ4v) is 3.63. The van der Waals surface area contributed by atoms with Crippen LogP contribution >= 0.6 is 0 Å². The Balaban J connectivity index is 3.06. The summed E-state index contributed by atoms with van der Waals surface area (Å²) in [6, 6.07) is 0. The molecule has 0 aromatic carbocycles. The van der Waals surface area contributed by atoms with Gasteiger partial charge in [-0.3, -0.25) is 4.79 Å². The Kier molecular flexibility index (Phi) is 23.6. The Hall–Kier alpha value is -0.790. The van der Waals surface area contributed by atoms with E-state index < -0.39 is 0 Å². The number of esters is 1. The molecule has 0 N–H and O–H groups in total. The Labute approximate surface area is 176 Å². The third-order valence-electron chi connectivity index (χ3n) is 5.46. The van der Waals surface area contributed by atoms with Crippen LogP contribution in [0.1, 0.15) is 142 Å². The number of carbonyl (C=O) groups is 1. The smallest absolute Gasteiger partial charge is 0.302 e. The first-order valence-electron chi connectivity index (χ1n) is 12.6. The van der Waals surface area contributed by atoms with Crippen LogP contribution in [0.3, 0.4) is 0 Å². The summed E-state index contributed by atoms with van der Waals surface area (Å²) in [5.74, 6) is -0.153. The van der Waals surface area contributed by atoms with Gasteiger partial charge in [0.25, 0.3) is 0 Å². The van der Waals surface area contributed by atoms with Crippen molar-refractivity contribution in [2.45, 2.75) is 142 Å². The SMILES string of the molecule is CCCCCCCC/C=C\CCCCCCCCCCCCCCOC(C)=O. The molecular weight excluding hydrogens is 344 g/mol. The van der Waals surface area contributed by atoms with Gasteiger partial charge in [-0.05, 0) is 32.1 Å². The topological polar surface area (TPSA) is 26.3 Å². The fraction of sp³-hybridized carbons (Fsp3) is 0.885. The van der Waals surface area contributed by atoms with Gasteiger partial charge in [-0.2, -0.15) is 0 Å². The van der Waals surface area contributed by atoms with Crippen molar-refractivity contribution in [1.29, 1.82) is 0 Å². The van der Waals surface area contributed by atoms with E-state index in [4.69, 9.17) is 4.74 Å². The molecule has 0 saturated heterocycles. The van der Waals surface area contributed by atoms with Crippen LogP contribution in [0.2, 0.25) is 0 Å². The molecule has 0 radical (unpaired) electrons. The predicted octanol–water partition coefficient (Wildman–Crippen LogP) is 8.93. The summed E-state index contributed by atoms with van der Waals surface area (Å²) in [5.41, 5.74) is 0. The predicted molar refractivity (Wildman–Crippen MR) is 124 cm³/mol. The molecule has 0 bridgehead atoms. The average Bonchev–Trinajstić information content (AvgIpc) is 2.68. The number of carbonyl (C=O) groups excluding carboxylic acids is 1. The van der Waals surface area contributed by atoms with Gasteiger partial charge in [0, 0.05) is 6.92 Å². The third-order valence-corrected chi connectivity index (χ3v) is 5.46. The highest BCUT2D eigenvalue weighted by Crippen LogP contribution is 2.13. The molecule has 0 aliphatic heterocycles. The molecule has 0 fully saturated rings. The molecule has 2 heteroatoms. The Morgan fingerprint density at radius 2 is 0.929 bits per heavy atom. The van der Waals surface area contributed by atoms with Crippen LogP contribution in [0.4, 0.5) is 0 Å². The van der Waals surface area contributed by atoms with Crippen LogP contribution in [0.25, 0.3) is 0 Å². The zero-order valence-corrected chi connectivity index (χ0v) is 19.3. The molecule has 166 valence electrons. The fourth-order valence-electron chi connectivity index (χ4n) is 3.63. The molecule has 0 aromatic heterocycles. The second-order valence-corrected chi connectivity index (χ2v) is 8.40. The van der Waals surface area contributed by atoms with Crippen LogP contribution in [-0.4, -0.2) is 12.6 Å². The number of allylic oxidation sites excluding steroid dienone is 2. The van der Waals surface area contributed by atoms with Crippen LogP contribution in [-0.2, 0) is 9.53 Å². The second-order valence-electron chi connectivity index (χ2n) is 8.40. The largest absolute Gasteiger partial charge is 0.466 e. The lowest BCUT2D eigenvalue weighted by molar-refractivity contribution is -0.141. The lowest BCUT2D eigenvalue weighted by atomic mass is 10.0. The third kappa shape index (κ3) is 25.2. The number of rotatable bonds is 22. The number of unbranched alkanes of at least 4 members (excludes halogenated alkanes) is 18. The first kappa shape index (κ1) is 27.2. The molecule has 28 heavy (non-hydrogen) atoms. The Bertz CT molecular complexity index is 335. The van der Waals surface area contributed by atoms with E-state index in [1.807, 2.05) is 0 Å². The van der Waals surface area contributed by atoms with E-state index in [9.17, 15) is 4.79 Å². The molecular formula is C26H50O2. The second kappa shape index (κ2) is 24.2. The van der Waals surface area contributed by atoms with Gasteiger partial charge in [-0.25, -0.2) is 0 Å². The maximum atomic E-state index is 10.6. The molecule has 0 heterocycles. The van der Waals surface area contributed by atoms with Crippen LogP contribution in [0, 0.1) is 0 Å². The molecule has 0 amide bonds. The van der Waals surface area contributed by atoms with E-state index in [0.717, 1.165) is 6.42 Å². The van der Waals surface area contributed by atoms with Crippen molar-refractivity contribution in [3.05, 3.63) is 12.2 Å². The minimum Gasteiger partial charge on any atom is -0.466 e. The first-order valence-corrected chi connectivity index (χ1v) is 12.6. The molecule has 0 aliphatic rings. The molecule has 0 unspecified atom stereocenters. The summed E-state index contributed by atoms with van der Waals surface area (Å²) in [6.45, 7) is 4.36. The van der Waals surface area contributed by atoms with E-state index in [-0.39, 0.29) is 5.97 Å². The van der Waals surface area contributed by atoms with Gasteiger partial charge < -0.3 is 4.74 Å². The Morgan fingerprint density at radius 1 is 0.571 bits per heavy atom. The summed E-state index contributed by atoms with van der Waals surface area (Å²) in [5, 5.41) is 0. The standard InChI is InChI=1S/C26H50O2/c1-3-4-5-6-7-8-9-10-11-12-13-14-15-16-17-18-19-20-21-22-23-24-25-28-26(2)27/h10-11H,3-9,12-25H2,1-2H3/b11-10-. The number of hydrogen-bond donors (Lipinski definition) is 0. The van der Waals surface area contributed by atoms with Gasteiger partial charge in [-0.1, -0.05) is 115 Å². The van der Waals surface area contributed by atoms with E-state index in [0.29, 0.717) is 6.61 Å². The van der Waals surface area contributed by atoms with Crippen molar-refractivity contribution < 1.29 is 9.53 Å². The van der Waals surface area contributed by atoms with Crippen molar-refractivity contribution in [2.75, 3.05) is 6.61 Å². The molecule has 0 aromatic rings. The summed E-state index contributed by atoms with van der Waals surface area (Å²) in [4.78, 5) is 10.6. The molecule has 0 aliphatic carbocycles. The quantitative estimate of drug-likeness (QED) is 0.104. The van der Waals surface area contributed by atoms with Gasteiger partial charge in [0.2, 0.25) is 0 Å². The summed E-state index contributed by atoms with van der Waals surface area (Å²) >= 11 is 0. The average molecular weight is 395 g/mol. The van der Waals surface area contributed by atoms with E-state index >= 15 is 0 Å². The highest BCUT2D eigenvalue weighted by Gasteiger charge is 1.95. The lowest BCUT2D eigenvalue weighted by Gasteiger charge is -2.03. The minimum atomic E-state index is -0.153. The monoisotopic (exact) mass is 394 g/mol. The molecule has 0 rings (SSSR count). The van der Waals surface area contributed by atoms with Crippen molar-refractivity contribution >= 4 is 5.97 Å². The minimum absolute atomic E-state index is 0.153. The first-order chi connectivity index (χ1) is 13.8. The number of ether oxygens (including phenoxy) is 1. The van der Waals surface area contributed by atoms with Crippen molar-refractivity contribution in [3.8, 4) is 0 Å². The molecule has 0 spiro atoms. The van der Waals surface area contributed by atoms with Gasteiger partial charge in [0.05, 0.1) is 6.61 Å². The maximum Gasteiger partial charge on any atom is 0.302 e. The van der Waals surface area contributed by atoms with Crippen molar-refractivity contribution in [3.63, 3.8) is 0 Å². The van der Waals surface area contributed by atoms with Gasteiger partial charge in [0.1, 0.15) is 0 Å². The lowest BCUT2D eigenvalue weighted by Crippen LogP contribution is -2.00. The van der Waals surface area contributed by atoms with E-state index in [1.54, 1.807) is 0 Å². The number of hydrogen-bond acceptors (Lipinski definition) is 2. The van der Waals surface area contributed by atoms with E-state index in [1.165, 1.54) is 129 Å². The van der Waals surface area contributed by atoms with Gasteiger partial charge >= 0.3 is 5.97 Å². The van der Waals surface area contributed by atoms with Crippen molar-refractivity contribution in [2.24, 2.45) is 0 Å². The summed E-state index contributed by atoms with van der Waals surface area (Å²) < 4.78 is 4.94. The normalized spacial score (nSPS) is 11.4. The van der Waals surface area contributed by atoms with E-state index in [2.05, 4.69) is 19.1 Å². The van der Waals surface area contributed by atoms with Crippen LogP contribution in [0.5, 0.6) is 0 Å². The van der Waals surface area contributed by atoms with Crippen LogP contribution < -0.4 is 0 Å². The van der Waals surface area contributed by atoms with Gasteiger partial charge in [0.15, 0.2) is 0 Å². The molecule has 0 atom stereocenters. The molecule has 2 nitrogen and oxygen atoms in total. The van der Waals surface area contributed by atoms with Gasteiger partial charge in [-0.15, -0.1) is 0 Å². The zero-order valence-electron chi connectivity index (χ0n) is 19.3. The molecule has 0 saturated carbocycles. The summed E-state index contributed by atoms with van der Waals surface area (Å²) in [6.07, 6.45) is 31.9. The van der Waals surface area contributed by atoms with Crippen molar-refractivity contribution in [1.82, 2.24) is 0 Å². The highest BCUT2D eigenvalue weighted by molar-refractivity contribution is 5.65. The highest BCUT2D eigenvalue weighted by atomic mass is 16.5. The van der Waals surface area contributed by atoms with Crippen LogP contribution in [0.15, 0.2) is 12.2 Å². The zero-order chi connectivity index (χ0) is 20.5. The maximum absolute atomic E-state index is 10.6. The summed E-state index contributed by atoms with van der Waals surface area (Å²) in [7, 11) is 0. The Morgan fingerprint density at radius 3 is 1.32 bits per heavy atom.